The number of amides is 2. The van der Waals surface area contributed by atoms with E-state index in [0.717, 1.165) is 21.0 Å². The number of benzene rings is 2. The minimum absolute atomic E-state index is 0.0316. The third-order valence-corrected chi connectivity index (χ3v) is 11.6. The van der Waals surface area contributed by atoms with Crippen LogP contribution in [0.25, 0.3) is 17.2 Å². The van der Waals surface area contributed by atoms with E-state index in [1.165, 1.54) is 52.1 Å². The number of nitrogens with zero attached hydrogens (tertiary/aromatic N) is 7. The average Bonchev–Trinajstić information content (AvgIpc) is 3.76. The van der Waals surface area contributed by atoms with E-state index >= 15 is 0 Å². The van der Waals surface area contributed by atoms with Crippen LogP contribution in [-0.2, 0) is 45.4 Å². The second kappa shape index (κ2) is 13.7. The molecule has 292 valence electrons. The molecule has 21 heteroatoms. The van der Waals surface area contributed by atoms with Gasteiger partial charge in [0.2, 0.25) is 11.7 Å². The first-order valence-corrected chi connectivity index (χ1v) is 18.4. The fourth-order valence-electron chi connectivity index (χ4n) is 7.03. The summed E-state index contributed by atoms with van der Waals surface area (Å²) < 4.78 is 89.1. The Morgan fingerprint density at radius 3 is 2.41 bits per heavy atom. The van der Waals surface area contributed by atoms with Crippen molar-refractivity contribution >= 4 is 45.9 Å². The van der Waals surface area contributed by atoms with Gasteiger partial charge in [0.05, 0.1) is 52.1 Å². The van der Waals surface area contributed by atoms with Crippen molar-refractivity contribution in [3.8, 4) is 17.1 Å². The molecule has 6 heterocycles. The maximum atomic E-state index is 14.3. The average molecular weight is 819 g/mol. The highest BCUT2D eigenvalue weighted by Gasteiger charge is 2.49. The first-order valence-electron chi connectivity index (χ1n) is 17.0. The number of carbonyl (C=O) groups excluding carboxylic acids is 2. The molecule has 3 aromatic heterocycles. The van der Waals surface area contributed by atoms with Crippen molar-refractivity contribution in [2.24, 2.45) is 0 Å². The van der Waals surface area contributed by atoms with Crippen molar-refractivity contribution in [3.05, 3.63) is 98.7 Å². The molecule has 2 N–H and O–H groups in total. The van der Waals surface area contributed by atoms with Crippen LogP contribution >= 0.6 is 11.6 Å². The number of piperidine rings is 1. The first-order chi connectivity index (χ1) is 26.5. The molecule has 0 bridgehead atoms. The van der Waals surface area contributed by atoms with Gasteiger partial charge in [-0.25, -0.2) is 22.3 Å². The Kier molecular flexibility index (Phi) is 9.21. The van der Waals surface area contributed by atoms with Crippen molar-refractivity contribution in [2.75, 3.05) is 31.5 Å². The summed E-state index contributed by atoms with van der Waals surface area (Å²) >= 11 is 6.10. The summed E-state index contributed by atoms with van der Waals surface area (Å²) in [5.74, 6) is -4.49. The van der Waals surface area contributed by atoms with Crippen LogP contribution in [0.5, 0.6) is 5.75 Å². The van der Waals surface area contributed by atoms with E-state index in [2.05, 4.69) is 20.4 Å². The maximum Gasteiger partial charge on any atom is 0.416 e. The van der Waals surface area contributed by atoms with Crippen molar-refractivity contribution in [3.63, 3.8) is 0 Å². The van der Waals surface area contributed by atoms with Crippen LogP contribution in [0.2, 0.25) is 5.02 Å². The summed E-state index contributed by atoms with van der Waals surface area (Å²) in [6.45, 7) is -1.71. The Balaban J connectivity index is 1.14. The minimum Gasteiger partial charge on any atom is -0.505 e. The molecule has 2 aromatic carbocycles. The first kappa shape index (κ1) is 37.6. The molecule has 56 heavy (non-hydrogen) atoms. The van der Waals surface area contributed by atoms with E-state index in [1.54, 1.807) is 0 Å². The number of aromatic nitrogens is 5. The van der Waals surface area contributed by atoms with Gasteiger partial charge < -0.3 is 24.6 Å². The molecule has 1 atom stereocenters. The molecule has 14 nitrogen and oxygen atoms in total. The number of hydrogen-bond acceptors (Lipinski definition) is 9. The molecule has 1 spiro atoms. The number of anilines is 1. The number of pyridine rings is 1. The summed E-state index contributed by atoms with van der Waals surface area (Å²) in [5, 5.41) is 16.8. The van der Waals surface area contributed by atoms with Gasteiger partial charge in [0, 0.05) is 24.8 Å². The van der Waals surface area contributed by atoms with Crippen LogP contribution in [-0.4, -0.2) is 86.6 Å². The van der Waals surface area contributed by atoms with Gasteiger partial charge in [-0.3, -0.25) is 14.4 Å². The van der Waals surface area contributed by atoms with Gasteiger partial charge in [0.15, 0.2) is 11.5 Å². The zero-order valence-electron chi connectivity index (χ0n) is 28.7. The smallest absolute Gasteiger partial charge is 0.416 e. The van der Waals surface area contributed by atoms with Crippen molar-refractivity contribution in [2.45, 2.75) is 48.6 Å². The van der Waals surface area contributed by atoms with Crippen molar-refractivity contribution in [1.82, 2.24) is 33.4 Å². The van der Waals surface area contributed by atoms with Crippen LogP contribution in [0, 0.1) is 0 Å². The van der Waals surface area contributed by atoms with Crippen LogP contribution in [0.15, 0.2) is 70.5 Å². The third kappa shape index (κ3) is 6.69. The predicted molar refractivity (Wildman–Crippen MR) is 188 cm³/mol. The van der Waals surface area contributed by atoms with E-state index in [1.807, 2.05) is 0 Å². The highest BCUT2D eigenvalue weighted by molar-refractivity contribution is 7.82. The van der Waals surface area contributed by atoms with Crippen LogP contribution < -0.4 is 10.9 Å². The number of rotatable bonds is 7. The van der Waals surface area contributed by atoms with Gasteiger partial charge in [-0.05, 0) is 67.4 Å². The number of fused-ring (bicyclic) bond motifs is 3. The SMILES string of the molecule is O=C(Cn1c2c(c(=O)n3nc(-c4ccc(S(=O)N5CC(F)(F)C5)cc4)nc13)C1(CCN(C(=O)c3ncccc3O)CC1)OC2)Nc1ccc(C(F)(F)F)cc1Cl. The molecule has 0 aliphatic carbocycles. The molecule has 8 rings (SSSR count). The summed E-state index contributed by atoms with van der Waals surface area (Å²) in [4.78, 5) is 51.4. The molecule has 0 saturated carbocycles. The summed E-state index contributed by atoms with van der Waals surface area (Å²) in [6.07, 6.45) is -2.99. The Bertz CT molecular complexity index is 2500. The van der Waals surface area contributed by atoms with Gasteiger partial charge in [-0.1, -0.05) is 11.6 Å². The van der Waals surface area contributed by atoms with Crippen molar-refractivity contribution in [1.29, 1.82) is 0 Å². The number of alkyl halides is 5. The topological polar surface area (TPSA) is 164 Å². The summed E-state index contributed by atoms with van der Waals surface area (Å²) in [6, 6.07) is 11.2. The fraction of sp³-hybridized carbons (Fsp3) is 0.314. The molecule has 5 aromatic rings. The van der Waals surface area contributed by atoms with E-state index in [-0.39, 0.29) is 82.4 Å². The summed E-state index contributed by atoms with van der Waals surface area (Å²) in [7, 11) is -1.84. The van der Waals surface area contributed by atoms with Crippen molar-refractivity contribution < 1.29 is 45.6 Å². The largest absolute Gasteiger partial charge is 0.505 e. The molecule has 3 aliphatic heterocycles. The molecule has 2 fully saturated rings. The lowest BCUT2D eigenvalue weighted by atomic mass is 9.85. The molecule has 1 unspecified atom stereocenters. The Morgan fingerprint density at radius 1 is 1.05 bits per heavy atom. The Hall–Kier alpha value is -5.31. The Labute approximate surface area is 320 Å². The second-order valence-corrected chi connectivity index (χ2v) is 15.4. The van der Waals surface area contributed by atoms with Crippen LogP contribution in [0.4, 0.5) is 27.6 Å². The van der Waals surface area contributed by atoms with E-state index < -0.39 is 71.3 Å². The lowest BCUT2D eigenvalue weighted by Crippen LogP contribution is -2.56. The van der Waals surface area contributed by atoms with E-state index in [9.17, 15) is 45.7 Å². The fourth-order valence-corrected chi connectivity index (χ4v) is 8.54. The van der Waals surface area contributed by atoms with Gasteiger partial charge in [-0.15, -0.1) is 5.10 Å². The number of likely N-dealkylation sites (tertiary alicyclic amines) is 1. The maximum absolute atomic E-state index is 14.3. The lowest BCUT2D eigenvalue weighted by Gasteiger charge is -2.38. The number of halogens is 6. The number of aromatic hydroxyl groups is 1. The molecular formula is C35H28ClF5N8O6S. The quantitative estimate of drug-likeness (QED) is 0.224. The lowest BCUT2D eigenvalue weighted by molar-refractivity contribution is -0.137. The highest BCUT2D eigenvalue weighted by Crippen LogP contribution is 2.43. The second-order valence-electron chi connectivity index (χ2n) is 13.5. The van der Waals surface area contributed by atoms with E-state index in [4.69, 9.17) is 16.3 Å². The number of ether oxygens (including phenoxy) is 1. The molecule has 2 saturated heterocycles. The zero-order chi connectivity index (χ0) is 39.7. The highest BCUT2D eigenvalue weighted by atomic mass is 35.5. The van der Waals surface area contributed by atoms with Gasteiger partial charge in [0.1, 0.15) is 28.9 Å². The number of carbonyl (C=O) groups is 2. The molecule has 3 aliphatic rings. The molecular weight excluding hydrogens is 791 g/mol. The van der Waals surface area contributed by atoms with Gasteiger partial charge in [-0.2, -0.15) is 22.7 Å². The number of hydrogen-bond donors (Lipinski definition) is 2. The zero-order valence-corrected chi connectivity index (χ0v) is 30.3. The van der Waals surface area contributed by atoms with Crippen LogP contribution in [0.1, 0.15) is 40.2 Å². The number of nitrogens with one attached hydrogen (secondary N) is 1. The standard InChI is InChI=1S/C35H28ClF5N8O6S/c36-22-14-20(35(39,40)41)5-8-23(22)43-26(51)15-48-24-16-55-33(9-12-46(13-10-33)31(53)28-25(50)2-1-11-42-28)27(24)30(52)49-32(48)44-29(45-49)19-3-6-21(7-4-19)56(54)47-17-34(37,38)18-47/h1-8,11,14,50H,9-10,12-13,15-18H2,(H,43,51). The third-order valence-electron chi connectivity index (χ3n) is 9.88. The van der Waals surface area contributed by atoms with Gasteiger partial charge >= 0.3 is 6.18 Å². The molecule has 2 amide bonds. The Morgan fingerprint density at radius 2 is 1.77 bits per heavy atom. The normalized spacial score (nSPS) is 18.1. The van der Waals surface area contributed by atoms with Crippen LogP contribution in [0.3, 0.4) is 0 Å². The van der Waals surface area contributed by atoms with Gasteiger partial charge in [0.25, 0.3) is 17.4 Å². The summed E-state index contributed by atoms with van der Waals surface area (Å²) in [5.41, 5.74) is -2.23. The monoisotopic (exact) mass is 818 g/mol. The molecule has 0 radical (unpaired) electrons. The van der Waals surface area contributed by atoms with E-state index in [0.29, 0.717) is 11.6 Å². The minimum atomic E-state index is -4.66. The predicted octanol–water partition coefficient (Wildman–Crippen LogP) is 4.60.